The summed E-state index contributed by atoms with van der Waals surface area (Å²) in [5.41, 5.74) is 0.795. The smallest absolute Gasteiger partial charge is 0.375 e. The molecule has 0 unspecified atom stereocenters. The second-order valence-electron chi connectivity index (χ2n) is 5.87. The number of carbonyl (C=O) groups excluding carboxylic acids is 2. The number of pyridine rings is 1. The zero-order chi connectivity index (χ0) is 19.6. The minimum Gasteiger partial charge on any atom is -0.449 e. The number of esters is 1. The predicted molar refractivity (Wildman–Crippen MR) is 100.0 cm³/mol. The number of benzene rings is 1. The highest BCUT2D eigenvalue weighted by Crippen LogP contribution is 2.16. The normalized spacial score (nSPS) is 11.8. The topological polar surface area (TPSA) is 98.5 Å². The van der Waals surface area contributed by atoms with Crippen LogP contribution in [0.2, 0.25) is 5.02 Å². The summed E-state index contributed by atoms with van der Waals surface area (Å²) in [6.07, 6.45) is 0.244. The lowest BCUT2D eigenvalue weighted by Crippen LogP contribution is -2.30. The number of rotatable bonds is 4. The van der Waals surface area contributed by atoms with Gasteiger partial charge in [0.25, 0.3) is 5.91 Å². The number of carbonyl (C=O) groups is 2. The summed E-state index contributed by atoms with van der Waals surface area (Å²) >= 11 is 5.73. The van der Waals surface area contributed by atoms with Gasteiger partial charge >= 0.3 is 5.97 Å². The molecule has 3 aromatic rings. The van der Waals surface area contributed by atoms with E-state index in [1.165, 1.54) is 19.2 Å². The van der Waals surface area contributed by atoms with Gasteiger partial charge in [-0.05, 0) is 38.1 Å². The van der Waals surface area contributed by atoms with E-state index in [2.05, 4.69) is 10.3 Å². The van der Waals surface area contributed by atoms with E-state index in [-0.39, 0.29) is 22.6 Å². The highest BCUT2D eigenvalue weighted by molar-refractivity contribution is 6.30. The molecule has 0 aliphatic carbocycles. The summed E-state index contributed by atoms with van der Waals surface area (Å²) in [7, 11) is 0. The third-order valence-corrected chi connectivity index (χ3v) is 3.94. The van der Waals surface area contributed by atoms with Crippen LogP contribution in [0.25, 0.3) is 11.0 Å². The highest BCUT2D eigenvalue weighted by atomic mass is 35.5. The second-order valence-corrected chi connectivity index (χ2v) is 6.31. The lowest BCUT2D eigenvalue weighted by atomic mass is 10.1. The molecular formula is C19H15ClN2O5. The molecule has 2 heterocycles. The zero-order valence-corrected chi connectivity index (χ0v) is 15.2. The minimum atomic E-state index is -1.13. The Morgan fingerprint density at radius 1 is 1.22 bits per heavy atom. The Balaban J connectivity index is 1.73. The molecule has 1 atom stereocenters. The Kier molecular flexibility index (Phi) is 5.23. The van der Waals surface area contributed by atoms with E-state index >= 15 is 0 Å². The molecule has 0 bridgehead atoms. The number of nitrogens with zero attached hydrogens (tertiary/aromatic N) is 1. The third-order valence-electron chi connectivity index (χ3n) is 3.72. The quantitative estimate of drug-likeness (QED) is 0.690. The number of aryl methyl sites for hydroxylation is 1. The maximum absolute atomic E-state index is 12.3. The summed E-state index contributed by atoms with van der Waals surface area (Å²) in [6, 6.07) is 9.16. The molecule has 138 valence electrons. The Hall–Kier alpha value is -3.19. The Morgan fingerprint density at radius 3 is 2.70 bits per heavy atom. The molecule has 0 saturated carbocycles. The lowest BCUT2D eigenvalue weighted by molar-refractivity contribution is -0.123. The van der Waals surface area contributed by atoms with E-state index in [0.29, 0.717) is 10.4 Å². The van der Waals surface area contributed by atoms with Crippen LogP contribution in [0.1, 0.15) is 23.0 Å². The number of fused-ring (bicyclic) bond motifs is 1. The molecule has 2 aromatic heterocycles. The molecule has 3 rings (SSSR count). The van der Waals surface area contributed by atoms with Crippen LogP contribution in [0, 0.1) is 6.92 Å². The molecule has 0 fully saturated rings. The molecular weight excluding hydrogens is 372 g/mol. The van der Waals surface area contributed by atoms with Gasteiger partial charge in [0.2, 0.25) is 5.76 Å². The largest absolute Gasteiger partial charge is 0.449 e. The lowest BCUT2D eigenvalue weighted by Gasteiger charge is -2.13. The molecule has 27 heavy (non-hydrogen) atoms. The number of hydrogen-bond donors (Lipinski definition) is 1. The van der Waals surface area contributed by atoms with Crippen molar-refractivity contribution in [2.75, 3.05) is 5.32 Å². The number of hydrogen-bond acceptors (Lipinski definition) is 6. The highest BCUT2D eigenvalue weighted by Gasteiger charge is 2.22. The summed E-state index contributed by atoms with van der Waals surface area (Å²) < 4.78 is 10.5. The van der Waals surface area contributed by atoms with Crippen molar-refractivity contribution < 1.29 is 18.7 Å². The fraction of sp³-hybridized carbons (Fsp3) is 0.158. The molecule has 0 aliphatic heterocycles. The molecule has 0 aliphatic rings. The number of nitrogens with one attached hydrogen (secondary N) is 1. The number of amides is 1. The summed E-state index contributed by atoms with van der Waals surface area (Å²) in [5, 5.41) is 3.29. The fourth-order valence-corrected chi connectivity index (χ4v) is 2.43. The monoisotopic (exact) mass is 386 g/mol. The number of ether oxygens (including phenoxy) is 1. The van der Waals surface area contributed by atoms with Crippen molar-refractivity contribution in [1.29, 1.82) is 0 Å². The van der Waals surface area contributed by atoms with Crippen LogP contribution in [0.5, 0.6) is 0 Å². The van der Waals surface area contributed by atoms with Gasteiger partial charge in [-0.2, -0.15) is 0 Å². The summed E-state index contributed by atoms with van der Waals surface area (Å²) in [6.45, 7) is 3.24. The van der Waals surface area contributed by atoms with Gasteiger partial charge in [-0.25, -0.2) is 9.78 Å². The first-order valence-corrected chi connectivity index (χ1v) is 8.39. The van der Waals surface area contributed by atoms with Gasteiger partial charge in [-0.15, -0.1) is 0 Å². The van der Waals surface area contributed by atoms with Crippen LogP contribution >= 0.6 is 11.6 Å². The van der Waals surface area contributed by atoms with Crippen LogP contribution in [0.4, 0.5) is 5.82 Å². The van der Waals surface area contributed by atoms with Crippen LogP contribution in [0.15, 0.2) is 51.8 Å². The van der Waals surface area contributed by atoms with E-state index in [9.17, 15) is 14.4 Å². The predicted octanol–water partition coefficient (Wildman–Crippen LogP) is 3.33. The summed E-state index contributed by atoms with van der Waals surface area (Å²) in [5.74, 6) is -1.52. The average molecular weight is 387 g/mol. The Bertz CT molecular complexity index is 1080. The van der Waals surface area contributed by atoms with Crippen molar-refractivity contribution in [2.24, 2.45) is 0 Å². The van der Waals surface area contributed by atoms with E-state index in [1.807, 2.05) is 6.92 Å². The van der Waals surface area contributed by atoms with Gasteiger partial charge in [-0.3, -0.25) is 9.59 Å². The van der Waals surface area contributed by atoms with Crippen LogP contribution < -0.4 is 10.7 Å². The molecule has 1 N–H and O–H groups in total. The van der Waals surface area contributed by atoms with Crippen molar-refractivity contribution in [3.05, 3.63) is 69.2 Å². The standard InChI is InChI=1S/C19H15ClN2O5/c1-10-3-5-15-13(7-10)14(23)8-16(27-15)19(25)26-11(2)18(24)22-17-6-4-12(20)9-21-17/h3-9,11H,1-2H3,(H,21,22,24)/t11-/m1/s1. The van der Waals surface area contributed by atoms with Crippen molar-refractivity contribution in [3.63, 3.8) is 0 Å². The molecule has 0 radical (unpaired) electrons. The molecule has 0 saturated heterocycles. The maximum Gasteiger partial charge on any atom is 0.375 e. The average Bonchev–Trinajstić information content (AvgIpc) is 2.63. The van der Waals surface area contributed by atoms with E-state index in [0.717, 1.165) is 11.6 Å². The zero-order valence-electron chi connectivity index (χ0n) is 14.5. The second kappa shape index (κ2) is 7.59. The van der Waals surface area contributed by atoms with Gasteiger partial charge in [0.05, 0.1) is 10.4 Å². The first-order chi connectivity index (χ1) is 12.8. The molecule has 0 spiro atoms. The SMILES string of the molecule is Cc1ccc2oc(C(=O)O[C@H](C)C(=O)Nc3ccc(Cl)cn3)cc(=O)c2c1. The van der Waals surface area contributed by atoms with Gasteiger partial charge < -0.3 is 14.5 Å². The van der Waals surface area contributed by atoms with Gasteiger partial charge in [0.15, 0.2) is 11.5 Å². The minimum absolute atomic E-state index is 0.264. The van der Waals surface area contributed by atoms with E-state index < -0.39 is 18.0 Å². The van der Waals surface area contributed by atoms with Crippen LogP contribution in [0.3, 0.4) is 0 Å². The van der Waals surface area contributed by atoms with Crippen molar-refractivity contribution in [2.45, 2.75) is 20.0 Å². The van der Waals surface area contributed by atoms with Gasteiger partial charge in [0.1, 0.15) is 11.4 Å². The van der Waals surface area contributed by atoms with Crippen LogP contribution in [-0.4, -0.2) is 23.0 Å². The van der Waals surface area contributed by atoms with Crippen molar-refractivity contribution in [1.82, 2.24) is 4.98 Å². The van der Waals surface area contributed by atoms with E-state index in [1.54, 1.807) is 24.3 Å². The van der Waals surface area contributed by atoms with Gasteiger partial charge in [0, 0.05) is 12.3 Å². The molecule has 1 aromatic carbocycles. The first-order valence-electron chi connectivity index (χ1n) is 8.01. The Morgan fingerprint density at radius 2 is 2.00 bits per heavy atom. The third kappa shape index (κ3) is 4.32. The summed E-state index contributed by atoms with van der Waals surface area (Å²) in [4.78, 5) is 40.5. The maximum atomic E-state index is 12.3. The van der Waals surface area contributed by atoms with E-state index in [4.69, 9.17) is 20.8 Å². The Labute approximate surface area is 158 Å². The number of aromatic nitrogens is 1. The first kappa shape index (κ1) is 18.6. The number of halogens is 1. The van der Waals surface area contributed by atoms with Crippen molar-refractivity contribution in [3.8, 4) is 0 Å². The number of anilines is 1. The fourth-order valence-electron chi connectivity index (χ4n) is 2.32. The molecule has 8 heteroatoms. The van der Waals surface area contributed by atoms with Crippen LogP contribution in [-0.2, 0) is 9.53 Å². The molecule has 1 amide bonds. The molecule has 7 nitrogen and oxygen atoms in total. The van der Waals surface area contributed by atoms with Crippen molar-refractivity contribution >= 4 is 40.3 Å². The van der Waals surface area contributed by atoms with Gasteiger partial charge in [-0.1, -0.05) is 23.2 Å².